The number of hydrogen-bond acceptors (Lipinski definition) is 7. The first-order valence-corrected chi connectivity index (χ1v) is 14.9. The van der Waals surface area contributed by atoms with Gasteiger partial charge in [-0.1, -0.05) is 24.8 Å². The summed E-state index contributed by atoms with van der Waals surface area (Å²) in [6.07, 6.45) is 7.68. The number of halogens is 2. The highest BCUT2D eigenvalue weighted by molar-refractivity contribution is 5.93. The van der Waals surface area contributed by atoms with Crippen LogP contribution in [0.3, 0.4) is 0 Å². The third-order valence-corrected chi connectivity index (χ3v) is 8.95. The van der Waals surface area contributed by atoms with Gasteiger partial charge in [0, 0.05) is 37.4 Å². The molecule has 224 valence electrons. The molecular formula is C32H35F2N7O2. The number of aryl methyl sites for hydroxylation is 1. The number of pyridine rings is 1. The molecule has 9 nitrogen and oxygen atoms in total. The van der Waals surface area contributed by atoms with Crippen LogP contribution in [-0.4, -0.2) is 89.1 Å². The second-order valence-corrected chi connectivity index (χ2v) is 11.6. The van der Waals surface area contributed by atoms with E-state index in [0.717, 1.165) is 56.2 Å². The fourth-order valence-electron chi connectivity index (χ4n) is 6.61. The van der Waals surface area contributed by atoms with E-state index in [0.29, 0.717) is 24.4 Å². The number of amides is 1. The topological polar surface area (TPSA) is 79.1 Å². The summed E-state index contributed by atoms with van der Waals surface area (Å²) < 4.78 is 36.4. The lowest BCUT2D eigenvalue weighted by Crippen LogP contribution is -2.56. The fraction of sp³-hybridized carbons (Fsp3) is 0.469. The zero-order valence-corrected chi connectivity index (χ0v) is 24.4. The number of carbonyl (C=O) groups excluding carboxylic acids is 1. The molecule has 0 spiro atoms. The second kappa shape index (κ2) is 12.2. The van der Waals surface area contributed by atoms with Crippen LogP contribution in [0.1, 0.15) is 36.8 Å². The lowest BCUT2D eigenvalue weighted by atomic mass is 9.87. The number of nitrogens with zero attached hydrogens (tertiary/aromatic N) is 7. The van der Waals surface area contributed by atoms with Crippen molar-refractivity contribution in [3.8, 4) is 17.3 Å². The van der Waals surface area contributed by atoms with Crippen molar-refractivity contribution in [3.63, 3.8) is 0 Å². The number of fused-ring (bicyclic) bond motifs is 2. The van der Waals surface area contributed by atoms with Crippen LogP contribution >= 0.6 is 0 Å². The number of aromatic nitrogens is 3. The molecule has 3 aromatic rings. The van der Waals surface area contributed by atoms with Crippen LogP contribution in [0.15, 0.2) is 36.8 Å². The van der Waals surface area contributed by atoms with Crippen LogP contribution in [0.25, 0.3) is 27.0 Å². The monoisotopic (exact) mass is 587 g/mol. The molecule has 4 heterocycles. The summed E-state index contributed by atoms with van der Waals surface area (Å²) >= 11 is 0. The van der Waals surface area contributed by atoms with Gasteiger partial charge in [0.05, 0.1) is 5.39 Å². The van der Waals surface area contributed by atoms with Crippen LogP contribution in [0.4, 0.5) is 14.6 Å². The Kier molecular flexibility index (Phi) is 8.21. The van der Waals surface area contributed by atoms with Crippen LogP contribution in [0.2, 0.25) is 0 Å². The summed E-state index contributed by atoms with van der Waals surface area (Å²) in [6.45, 7) is 12.5. The zero-order valence-electron chi connectivity index (χ0n) is 24.4. The maximum absolute atomic E-state index is 16.5. The van der Waals surface area contributed by atoms with Crippen molar-refractivity contribution in [2.75, 3.05) is 51.3 Å². The van der Waals surface area contributed by atoms with E-state index >= 15 is 4.39 Å². The summed E-state index contributed by atoms with van der Waals surface area (Å²) in [4.78, 5) is 35.3. The lowest BCUT2D eigenvalue weighted by Gasteiger charge is -2.39. The van der Waals surface area contributed by atoms with Gasteiger partial charge in [0.15, 0.2) is 11.6 Å². The SMILES string of the molecule is [C-]#[N+]C[C@H]1CN(c2nc(OC[C@@H]3CCCN3C)nc3c(F)c(-c4cccc5c4CCCC5)ncc23)CCN1C(=O)C(=C)F. The van der Waals surface area contributed by atoms with Crippen LogP contribution in [0, 0.1) is 12.4 Å². The molecule has 2 atom stereocenters. The summed E-state index contributed by atoms with van der Waals surface area (Å²) in [5.41, 5.74) is 3.50. The molecular weight excluding hydrogens is 552 g/mol. The molecule has 0 unspecified atom stereocenters. The van der Waals surface area contributed by atoms with Crippen molar-refractivity contribution in [1.82, 2.24) is 24.8 Å². The van der Waals surface area contributed by atoms with Gasteiger partial charge in [0.25, 0.3) is 5.91 Å². The van der Waals surface area contributed by atoms with E-state index in [1.807, 2.05) is 17.0 Å². The Bertz CT molecular complexity index is 1610. The largest absolute Gasteiger partial charge is 0.462 e. The van der Waals surface area contributed by atoms with Crippen LogP contribution in [0.5, 0.6) is 6.01 Å². The Hall–Kier alpha value is -4.17. The maximum atomic E-state index is 16.5. The van der Waals surface area contributed by atoms with E-state index in [1.54, 1.807) is 6.20 Å². The number of hydrogen-bond donors (Lipinski definition) is 0. The predicted octanol–water partition coefficient (Wildman–Crippen LogP) is 4.60. The molecule has 0 bridgehead atoms. The molecule has 6 rings (SSSR count). The van der Waals surface area contributed by atoms with Gasteiger partial charge in [-0.2, -0.15) is 9.97 Å². The van der Waals surface area contributed by atoms with Crippen LogP contribution < -0.4 is 9.64 Å². The normalized spacial score (nSPS) is 20.6. The third-order valence-electron chi connectivity index (χ3n) is 8.95. The van der Waals surface area contributed by atoms with E-state index in [-0.39, 0.29) is 42.9 Å². The maximum Gasteiger partial charge on any atom is 0.319 e. The highest BCUT2D eigenvalue weighted by Gasteiger charge is 2.35. The Morgan fingerprint density at radius 3 is 2.77 bits per heavy atom. The number of rotatable bonds is 7. The number of anilines is 1. The lowest BCUT2D eigenvalue weighted by molar-refractivity contribution is -0.131. The Labute approximate surface area is 250 Å². The number of likely N-dealkylation sites (tertiary alicyclic amines) is 1. The summed E-state index contributed by atoms with van der Waals surface area (Å²) in [6, 6.07) is 5.65. The molecule has 0 radical (unpaired) electrons. The molecule has 1 aliphatic carbocycles. The Balaban J connectivity index is 1.42. The first kappa shape index (κ1) is 28.9. The van der Waals surface area contributed by atoms with Gasteiger partial charge in [-0.25, -0.2) is 15.4 Å². The molecule has 2 saturated heterocycles. The second-order valence-electron chi connectivity index (χ2n) is 11.6. The first-order valence-electron chi connectivity index (χ1n) is 14.9. The quantitative estimate of drug-likeness (QED) is 0.295. The fourth-order valence-corrected chi connectivity index (χ4v) is 6.61. The zero-order chi connectivity index (χ0) is 30.1. The van der Waals surface area contributed by atoms with Gasteiger partial charge in [-0.3, -0.25) is 9.78 Å². The van der Waals surface area contributed by atoms with Crippen LogP contribution in [-0.2, 0) is 17.6 Å². The van der Waals surface area contributed by atoms with Gasteiger partial charge in [-0.15, -0.1) is 0 Å². The molecule has 0 N–H and O–H groups in total. The molecule has 0 saturated carbocycles. The predicted molar refractivity (Wildman–Crippen MR) is 160 cm³/mol. The molecule has 2 aromatic heterocycles. The Morgan fingerprint density at radius 1 is 1.16 bits per heavy atom. The summed E-state index contributed by atoms with van der Waals surface area (Å²) in [5.74, 6) is -2.02. The molecule has 43 heavy (non-hydrogen) atoms. The van der Waals surface area contributed by atoms with E-state index in [1.165, 1.54) is 10.5 Å². The van der Waals surface area contributed by atoms with Gasteiger partial charge in [0.2, 0.25) is 6.54 Å². The third kappa shape index (κ3) is 5.64. The molecule has 1 aromatic carbocycles. The van der Waals surface area contributed by atoms with E-state index in [4.69, 9.17) is 16.3 Å². The van der Waals surface area contributed by atoms with Crippen molar-refractivity contribution >= 4 is 22.6 Å². The number of likely N-dealkylation sites (N-methyl/N-ethyl adjacent to an activating group) is 1. The molecule has 2 aliphatic heterocycles. The minimum absolute atomic E-state index is 0.0220. The van der Waals surface area contributed by atoms with E-state index in [2.05, 4.69) is 39.4 Å². The number of benzene rings is 1. The van der Waals surface area contributed by atoms with Gasteiger partial charge in [-0.05, 0) is 63.2 Å². The van der Waals surface area contributed by atoms with E-state index in [9.17, 15) is 9.18 Å². The van der Waals surface area contributed by atoms with Crippen molar-refractivity contribution in [3.05, 3.63) is 65.2 Å². The van der Waals surface area contributed by atoms with Gasteiger partial charge in [0.1, 0.15) is 29.7 Å². The van der Waals surface area contributed by atoms with Crippen molar-refractivity contribution in [2.45, 2.75) is 50.6 Å². The smallest absolute Gasteiger partial charge is 0.319 e. The summed E-state index contributed by atoms with van der Waals surface area (Å²) in [7, 11) is 2.05. The summed E-state index contributed by atoms with van der Waals surface area (Å²) in [5, 5.41) is 0.410. The standard InChI is InChI=1S/C32H35F2N7O2/c1-20(33)31(42)41-15-14-40(18-23(41)16-35-2)30-26-17-36-28(25-12-6-9-21-8-4-5-11-24(21)25)27(34)29(26)37-32(38-30)43-19-22-10-7-13-39(22)3/h6,9,12,17,22-23H,1,4-5,7-8,10-11,13-16,18-19H2,3H3/t22-,23-/m0/s1. The highest BCUT2D eigenvalue weighted by atomic mass is 19.1. The first-order chi connectivity index (χ1) is 20.9. The van der Waals surface area contributed by atoms with Gasteiger partial charge >= 0.3 is 6.01 Å². The molecule has 3 aliphatic rings. The highest BCUT2D eigenvalue weighted by Crippen LogP contribution is 2.36. The minimum Gasteiger partial charge on any atom is -0.462 e. The van der Waals surface area contributed by atoms with Gasteiger partial charge < -0.3 is 24.3 Å². The van der Waals surface area contributed by atoms with Crippen molar-refractivity contribution in [1.29, 1.82) is 0 Å². The molecule has 1 amide bonds. The van der Waals surface area contributed by atoms with Crippen molar-refractivity contribution in [2.24, 2.45) is 0 Å². The average molecular weight is 588 g/mol. The molecule has 11 heteroatoms. The molecule has 2 fully saturated rings. The van der Waals surface area contributed by atoms with E-state index < -0.39 is 23.6 Å². The number of ether oxygens (including phenoxy) is 1. The van der Waals surface area contributed by atoms with Crippen molar-refractivity contribution < 1.29 is 18.3 Å². The number of piperazine rings is 1. The average Bonchev–Trinajstić information content (AvgIpc) is 3.44. The number of carbonyl (C=O) groups is 1. The Morgan fingerprint density at radius 2 is 2.00 bits per heavy atom. The minimum atomic E-state index is -1.06.